The van der Waals surface area contributed by atoms with Crippen LogP contribution in [-0.4, -0.2) is 21.3 Å². The van der Waals surface area contributed by atoms with E-state index in [-0.39, 0.29) is 5.56 Å². The molecule has 0 saturated heterocycles. The van der Waals surface area contributed by atoms with Crippen LogP contribution in [0.25, 0.3) is 0 Å². The van der Waals surface area contributed by atoms with E-state index >= 15 is 0 Å². The molecule has 0 aliphatic heterocycles. The van der Waals surface area contributed by atoms with E-state index in [0.29, 0.717) is 26.7 Å². The summed E-state index contributed by atoms with van der Waals surface area (Å²) in [4.78, 5) is 11.9. The Balaban J connectivity index is 2.44. The Hall–Kier alpha value is -2.39. The summed E-state index contributed by atoms with van der Waals surface area (Å²) in [5.41, 5.74) is 2.92. The van der Waals surface area contributed by atoms with Crippen LogP contribution in [0.5, 0.6) is 0 Å². The maximum Gasteiger partial charge on any atom is 0.335 e. The number of rotatable bonds is 3. The molecule has 1 aromatic carbocycles. The SMILES string of the molecule is Cc1ccc(Sc2nnc(C)c(C)c2C#N)cc1C(=O)O. The van der Waals surface area contributed by atoms with Gasteiger partial charge in [-0.2, -0.15) is 10.4 Å². The van der Waals surface area contributed by atoms with Crippen LogP contribution < -0.4 is 0 Å². The fourth-order valence-electron chi connectivity index (χ4n) is 1.80. The first-order valence-corrected chi connectivity index (χ1v) is 7.01. The number of benzene rings is 1. The van der Waals surface area contributed by atoms with Crippen molar-refractivity contribution in [3.05, 3.63) is 46.1 Å². The van der Waals surface area contributed by atoms with Gasteiger partial charge >= 0.3 is 5.97 Å². The van der Waals surface area contributed by atoms with Gasteiger partial charge in [0.2, 0.25) is 0 Å². The van der Waals surface area contributed by atoms with Crippen LogP contribution in [0.3, 0.4) is 0 Å². The molecule has 0 spiro atoms. The van der Waals surface area contributed by atoms with Crippen LogP contribution in [0.4, 0.5) is 0 Å². The molecule has 106 valence electrons. The molecule has 6 heteroatoms. The van der Waals surface area contributed by atoms with Gasteiger partial charge in [0.25, 0.3) is 0 Å². The lowest BCUT2D eigenvalue weighted by molar-refractivity contribution is 0.0696. The number of carboxylic acid groups (broad SMARTS) is 1. The van der Waals surface area contributed by atoms with Crippen LogP contribution >= 0.6 is 11.8 Å². The first-order chi connectivity index (χ1) is 9.93. The second kappa shape index (κ2) is 5.94. The summed E-state index contributed by atoms with van der Waals surface area (Å²) in [5, 5.41) is 27.0. The molecule has 1 N–H and O–H groups in total. The van der Waals surface area contributed by atoms with Gasteiger partial charge in [0.15, 0.2) is 0 Å². The molecule has 0 radical (unpaired) electrons. The van der Waals surface area contributed by atoms with Crippen molar-refractivity contribution in [1.29, 1.82) is 5.26 Å². The van der Waals surface area contributed by atoms with E-state index in [1.807, 2.05) is 13.0 Å². The lowest BCUT2D eigenvalue weighted by Gasteiger charge is -2.08. The second-order valence-corrected chi connectivity index (χ2v) is 5.65. The summed E-state index contributed by atoms with van der Waals surface area (Å²) in [6.45, 7) is 5.37. The first kappa shape index (κ1) is 15.0. The third kappa shape index (κ3) is 3.03. The smallest absolute Gasteiger partial charge is 0.335 e. The van der Waals surface area contributed by atoms with E-state index in [4.69, 9.17) is 5.11 Å². The normalized spacial score (nSPS) is 10.2. The Morgan fingerprint density at radius 3 is 2.62 bits per heavy atom. The van der Waals surface area contributed by atoms with Gasteiger partial charge in [-0.25, -0.2) is 4.79 Å². The minimum atomic E-state index is -0.971. The van der Waals surface area contributed by atoms with E-state index in [1.54, 1.807) is 26.0 Å². The van der Waals surface area contributed by atoms with E-state index in [2.05, 4.69) is 16.3 Å². The van der Waals surface area contributed by atoms with E-state index < -0.39 is 5.97 Å². The molecule has 0 aliphatic carbocycles. The molecule has 0 aliphatic rings. The van der Waals surface area contributed by atoms with E-state index in [1.165, 1.54) is 11.8 Å². The molecule has 1 heterocycles. The predicted molar refractivity (Wildman–Crippen MR) is 78.5 cm³/mol. The average Bonchev–Trinajstić information content (AvgIpc) is 2.45. The molecule has 1 aromatic heterocycles. The molecule has 0 amide bonds. The predicted octanol–water partition coefficient (Wildman–Crippen LogP) is 3.12. The van der Waals surface area contributed by atoms with E-state index in [9.17, 15) is 10.1 Å². The zero-order valence-electron chi connectivity index (χ0n) is 11.8. The van der Waals surface area contributed by atoms with Crippen molar-refractivity contribution >= 4 is 17.7 Å². The molecule has 0 saturated carbocycles. The molecular formula is C15H13N3O2S. The Morgan fingerprint density at radius 1 is 1.29 bits per heavy atom. The molecule has 2 rings (SSSR count). The third-order valence-corrected chi connectivity index (χ3v) is 4.16. The molecule has 0 unspecified atom stereocenters. The van der Waals surface area contributed by atoms with Crippen molar-refractivity contribution in [2.45, 2.75) is 30.7 Å². The monoisotopic (exact) mass is 299 g/mol. The fraction of sp³-hybridized carbons (Fsp3) is 0.200. The highest BCUT2D eigenvalue weighted by molar-refractivity contribution is 7.99. The minimum Gasteiger partial charge on any atom is -0.478 e. The molecule has 5 nitrogen and oxygen atoms in total. The van der Waals surface area contributed by atoms with Crippen LogP contribution in [0.1, 0.15) is 32.7 Å². The second-order valence-electron chi connectivity index (χ2n) is 4.59. The number of carboxylic acids is 1. The lowest BCUT2D eigenvalue weighted by Crippen LogP contribution is -2.01. The number of hydrogen-bond acceptors (Lipinski definition) is 5. The zero-order valence-corrected chi connectivity index (χ0v) is 12.7. The third-order valence-electron chi connectivity index (χ3n) is 3.19. The number of aryl methyl sites for hydroxylation is 2. The number of hydrogen-bond donors (Lipinski definition) is 1. The summed E-state index contributed by atoms with van der Waals surface area (Å²) < 4.78 is 0. The maximum atomic E-state index is 11.2. The van der Waals surface area contributed by atoms with Crippen LogP contribution in [0.2, 0.25) is 0 Å². The first-order valence-electron chi connectivity index (χ1n) is 6.19. The summed E-state index contributed by atoms with van der Waals surface area (Å²) >= 11 is 1.24. The van der Waals surface area contributed by atoms with Gasteiger partial charge in [-0.05, 0) is 44.0 Å². The van der Waals surface area contributed by atoms with Crippen molar-refractivity contribution in [1.82, 2.24) is 10.2 Å². The summed E-state index contributed by atoms with van der Waals surface area (Å²) in [7, 11) is 0. The standard InChI is InChI=1S/C15H13N3O2S/c1-8-4-5-11(6-12(8)15(19)20)21-14-13(7-16)9(2)10(3)17-18-14/h4-6H,1-3H3,(H,19,20). The van der Waals surface area contributed by atoms with Crippen molar-refractivity contribution in [3.63, 3.8) is 0 Å². The topological polar surface area (TPSA) is 86.9 Å². The van der Waals surface area contributed by atoms with E-state index in [0.717, 1.165) is 5.56 Å². The quantitative estimate of drug-likeness (QED) is 0.937. The lowest BCUT2D eigenvalue weighted by atomic mass is 10.1. The largest absolute Gasteiger partial charge is 0.478 e. The highest BCUT2D eigenvalue weighted by Crippen LogP contribution is 2.31. The highest BCUT2D eigenvalue weighted by atomic mass is 32.2. The fourth-order valence-corrected chi connectivity index (χ4v) is 2.72. The van der Waals surface area contributed by atoms with Crippen LogP contribution in [-0.2, 0) is 0 Å². The molecule has 0 fully saturated rings. The van der Waals surface area contributed by atoms with Gasteiger partial charge in [0, 0.05) is 4.90 Å². The van der Waals surface area contributed by atoms with Gasteiger partial charge in [0.05, 0.1) is 16.8 Å². The van der Waals surface area contributed by atoms with Gasteiger partial charge < -0.3 is 5.11 Å². The summed E-state index contributed by atoms with van der Waals surface area (Å²) in [6.07, 6.45) is 0. The molecule has 0 bridgehead atoms. The molecule has 0 atom stereocenters. The van der Waals surface area contributed by atoms with Crippen LogP contribution in [0.15, 0.2) is 28.1 Å². The van der Waals surface area contributed by atoms with Crippen molar-refractivity contribution in [3.8, 4) is 6.07 Å². The van der Waals surface area contributed by atoms with Crippen molar-refractivity contribution in [2.24, 2.45) is 0 Å². The zero-order chi connectivity index (χ0) is 15.6. The van der Waals surface area contributed by atoms with Gasteiger partial charge in [-0.3, -0.25) is 0 Å². The Bertz CT molecular complexity index is 766. The van der Waals surface area contributed by atoms with Crippen LogP contribution in [0, 0.1) is 32.1 Å². The maximum absolute atomic E-state index is 11.2. The number of aromatic carboxylic acids is 1. The minimum absolute atomic E-state index is 0.246. The Morgan fingerprint density at radius 2 is 2.00 bits per heavy atom. The van der Waals surface area contributed by atoms with Crippen molar-refractivity contribution < 1.29 is 9.90 Å². The number of nitrogens with zero attached hydrogens (tertiary/aromatic N) is 3. The Labute approximate surface area is 126 Å². The molecule has 2 aromatic rings. The summed E-state index contributed by atoms with van der Waals surface area (Å²) in [6, 6.07) is 7.27. The Kier molecular flexibility index (Phi) is 4.24. The number of aromatic nitrogens is 2. The number of nitriles is 1. The molecule has 21 heavy (non-hydrogen) atoms. The van der Waals surface area contributed by atoms with Crippen molar-refractivity contribution in [2.75, 3.05) is 0 Å². The number of carbonyl (C=O) groups is 1. The van der Waals surface area contributed by atoms with Gasteiger partial charge in [-0.15, -0.1) is 5.10 Å². The highest BCUT2D eigenvalue weighted by Gasteiger charge is 2.14. The average molecular weight is 299 g/mol. The summed E-state index contributed by atoms with van der Waals surface area (Å²) in [5.74, 6) is -0.971. The van der Waals surface area contributed by atoms with Gasteiger partial charge in [-0.1, -0.05) is 17.8 Å². The van der Waals surface area contributed by atoms with Gasteiger partial charge in [0.1, 0.15) is 11.1 Å². The molecular weight excluding hydrogens is 286 g/mol.